The first-order chi connectivity index (χ1) is 9.62. The van der Waals surface area contributed by atoms with Crippen molar-refractivity contribution in [3.63, 3.8) is 0 Å². The van der Waals surface area contributed by atoms with Gasteiger partial charge in [0.1, 0.15) is 0 Å². The van der Waals surface area contributed by atoms with Gasteiger partial charge in [-0.3, -0.25) is 0 Å². The van der Waals surface area contributed by atoms with E-state index in [2.05, 4.69) is 17.6 Å². The molecule has 4 N–H and O–H groups in total. The summed E-state index contributed by atoms with van der Waals surface area (Å²) in [6.45, 7) is 9.92. The van der Waals surface area contributed by atoms with E-state index in [9.17, 15) is 0 Å². The van der Waals surface area contributed by atoms with Crippen LogP contribution in [0.4, 0.5) is 0 Å². The summed E-state index contributed by atoms with van der Waals surface area (Å²) in [5.41, 5.74) is 0. The number of aliphatic hydroxyl groups is 2. The summed E-state index contributed by atoms with van der Waals surface area (Å²) in [6.07, 6.45) is 1.54. The van der Waals surface area contributed by atoms with Crippen molar-refractivity contribution < 1.29 is 19.7 Å². The fourth-order valence-corrected chi connectivity index (χ4v) is 1.40. The summed E-state index contributed by atoms with van der Waals surface area (Å²) in [6, 6.07) is 0. The van der Waals surface area contributed by atoms with Crippen molar-refractivity contribution in [2.45, 2.75) is 39.4 Å². The second-order valence-electron chi connectivity index (χ2n) is 4.57. The standard InChI is InChI=1S/C8H19NO2.C6H15NO2/c1-3-4-9-7-8(2)11-6-5-10;1-6(5-7-2)9-4-3-8/h8-10H,3-7H2,1-2H3;6-8H,3-5H2,1-2H3. The Bertz CT molecular complexity index is 173. The lowest BCUT2D eigenvalue weighted by Gasteiger charge is -2.12. The molecule has 0 saturated carbocycles. The first-order valence-electron chi connectivity index (χ1n) is 7.42. The molecule has 2 atom stereocenters. The van der Waals surface area contributed by atoms with Gasteiger partial charge in [0.15, 0.2) is 0 Å². The molecule has 0 fully saturated rings. The van der Waals surface area contributed by atoms with Crippen molar-refractivity contribution in [3.8, 4) is 0 Å². The van der Waals surface area contributed by atoms with E-state index in [0.717, 1.165) is 26.1 Å². The topological polar surface area (TPSA) is 83.0 Å². The number of likely N-dealkylation sites (N-methyl/N-ethyl adjacent to an activating group) is 1. The fraction of sp³-hybridized carbons (Fsp3) is 1.00. The first-order valence-corrected chi connectivity index (χ1v) is 7.42. The molecular weight excluding hydrogens is 260 g/mol. The SMILES string of the molecule is CCCNCC(C)OCCO.CNCC(C)OCCO. The van der Waals surface area contributed by atoms with Gasteiger partial charge in [0.25, 0.3) is 0 Å². The Morgan fingerprint density at radius 3 is 1.85 bits per heavy atom. The van der Waals surface area contributed by atoms with Crippen molar-refractivity contribution >= 4 is 0 Å². The van der Waals surface area contributed by atoms with Gasteiger partial charge >= 0.3 is 0 Å². The molecule has 0 saturated heterocycles. The van der Waals surface area contributed by atoms with Gasteiger partial charge in [-0.25, -0.2) is 0 Å². The Morgan fingerprint density at radius 2 is 1.45 bits per heavy atom. The van der Waals surface area contributed by atoms with Crippen molar-refractivity contribution in [1.29, 1.82) is 0 Å². The summed E-state index contributed by atoms with van der Waals surface area (Å²) in [7, 11) is 1.87. The van der Waals surface area contributed by atoms with Crippen molar-refractivity contribution in [2.24, 2.45) is 0 Å². The molecule has 0 rings (SSSR count). The van der Waals surface area contributed by atoms with E-state index in [1.165, 1.54) is 0 Å². The molecule has 6 nitrogen and oxygen atoms in total. The molecular formula is C14H34N2O4. The van der Waals surface area contributed by atoms with Gasteiger partial charge in [-0.15, -0.1) is 0 Å². The van der Waals surface area contributed by atoms with Gasteiger partial charge in [0, 0.05) is 13.1 Å². The van der Waals surface area contributed by atoms with E-state index in [-0.39, 0.29) is 25.4 Å². The molecule has 0 spiro atoms. The second-order valence-corrected chi connectivity index (χ2v) is 4.57. The highest BCUT2D eigenvalue weighted by molar-refractivity contribution is 4.54. The Morgan fingerprint density at radius 1 is 0.950 bits per heavy atom. The average Bonchev–Trinajstić information content (AvgIpc) is 2.44. The molecule has 0 aromatic rings. The highest BCUT2D eigenvalue weighted by Crippen LogP contribution is 1.87. The number of rotatable bonds is 12. The number of hydrogen-bond acceptors (Lipinski definition) is 6. The summed E-state index contributed by atoms with van der Waals surface area (Å²) in [5, 5.41) is 23.0. The van der Waals surface area contributed by atoms with Gasteiger partial charge in [-0.05, 0) is 33.9 Å². The van der Waals surface area contributed by atoms with Crippen LogP contribution in [0, 0.1) is 0 Å². The molecule has 0 aliphatic carbocycles. The normalized spacial score (nSPS) is 13.5. The maximum atomic E-state index is 8.44. The summed E-state index contributed by atoms with van der Waals surface area (Å²) < 4.78 is 10.3. The van der Waals surface area contributed by atoms with Crippen LogP contribution in [0.5, 0.6) is 0 Å². The van der Waals surface area contributed by atoms with E-state index in [0.29, 0.717) is 13.2 Å². The molecule has 0 heterocycles. The third-order valence-electron chi connectivity index (χ3n) is 2.34. The summed E-state index contributed by atoms with van der Waals surface area (Å²) in [5.74, 6) is 0. The quantitative estimate of drug-likeness (QED) is 0.379. The molecule has 6 heteroatoms. The van der Waals surface area contributed by atoms with Gasteiger partial charge < -0.3 is 30.3 Å². The number of nitrogens with one attached hydrogen (secondary N) is 2. The third kappa shape index (κ3) is 20.1. The minimum absolute atomic E-state index is 0.105. The van der Waals surface area contributed by atoms with Crippen LogP contribution in [0.1, 0.15) is 27.2 Å². The molecule has 20 heavy (non-hydrogen) atoms. The number of ether oxygens (including phenoxy) is 2. The van der Waals surface area contributed by atoms with Crippen molar-refractivity contribution in [3.05, 3.63) is 0 Å². The Kier molecular flexibility index (Phi) is 20.7. The Balaban J connectivity index is 0. The molecule has 0 bridgehead atoms. The zero-order chi connectivity index (χ0) is 15.6. The van der Waals surface area contributed by atoms with Gasteiger partial charge in [-0.1, -0.05) is 6.92 Å². The summed E-state index contributed by atoms with van der Waals surface area (Å²) in [4.78, 5) is 0. The predicted octanol–water partition coefficient (Wildman–Crippen LogP) is -0.0134. The van der Waals surface area contributed by atoms with Crippen LogP contribution in [0.2, 0.25) is 0 Å². The highest BCUT2D eigenvalue weighted by atomic mass is 16.5. The monoisotopic (exact) mass is 294 g/mol. The highest BCUT2D eigenvalue weighted by Gasteiger charge is 1.99. The number of aliphatic hydroxyl groups excluding tert-OH is 2. The number of hydrogen-bond donors (Lipinski definition) is 4. The molecule has 2 unspecified atom stereocenters. The van der Waals surface area contributed by atoms with Crippen LogP contribution >= 0.6 is 0 Å². The minimum atomic E-state index is 0.105. The van der Waals surface area contributed by atoms with Crippen molar-refractivity contribution in [2.75, 3.05) is 53.1 Å². The lowest BCUT2D eigenvalue weighted by Crippen LogP contribution is -2.28. The second kappa shape index (κ2) is 18.8. The van der Waals surface area contributed by atoms with Crippen LogP contribution in [0.3, 0.4) is 0 Å². The fourth-order valence-electron chi connectivity index (χ4n) is 1.40. The van der Waals surface area contributed by atoms with Gasteiger partial charge in [-0.2, -0.15) is 0 Å². The van der Waals surface area contributed by atoms with E-state index >= 15 is 0 Å². The zero-order valence-electron chi connectivity index (χ0n) is 13.5. The molecule has 0 aromatic heterocycles. The minimum Gasteiger partial charge on any atom is -0.394 e. The smallest absolute Gasteiger partial charge is 0.0701 e. The van der Waals surface area contributed by atoms with Crippen LogP contribution < -0.4 is 10.6 Å². The Labute approximate surface area is 123 Å². The van der Waals surface area contributed by atoms with Gasteiger partial charge in [0.05, 0.1) is 38.6 Å². The zero-order valence-corrected chi connectivity index (χ0v) is 13.5. The van der Waals surface area contributed by atoms with Crippen molar-refractivity contribution in [1.82, 2.24) is 10.6 Å². The van der Waals surface area contributed by atoms with Gasteiger partial charge in [0.2, 0.25) is 0 Å². The lowest BCUT2D eigenvalue weighted by atomic mass is 10.4. The third-order valence-corrected chi connectivity index (χ3v) is 2.34. The Hall–Kier alpha value is -0.240. The molecule has 0 aromatic carbocycles. The largest absolute Gasteiger partial charge is 0.394 e. The predicted molar refractivity (Wildman–Crippen MR) is 82.1 cm³/mol. The molecule has 0 amide bonds. The lowest BCUT2D eigenvalue weighted by molar-refractivity contribution is 0.0396. The molecule has 0 radical (unpaired) electrons. The summed E-state index contributed by atoms with van der Waals surface area (Å²) >= 11 is 0. The van der Waals surface area contributed by atoms with Crippen LogP contribution in [0.25, 0.3) is 0 Å². The van der Waals surface area contributed by atoms with Crippen LogP contribution in [-0.2, 0) is 9.47 Å². The van der Waals surface area contributed by atoms with E-state index < -0.39 is 0 Å². The maximum absolute atomic E-state index is 8.44. The van der Waals surface area contributed by atoms with E-state index in [1.807, 2.05) is 20.9 Å². The average molecular weight is 294 g/mol. The van der Waals surface area contributed by atoms with Crippen LogP contribution in [-0.4, -0.2) is 75.5 Å². The molecule has 124 valence electrons. The van der Waals surface area contributed by atoms with E-state index in [4.69, 9.17) is 19.7 Å². The first kappa shape index (κ1) is 22.0. The molecule has 0 aliphatic rings. The van der Waals surface area contributed by atoms with Crippen LogP contribution in [0.15, 0.2) is 0 Å². The molecule has 0 aliphatic heterocycles. The maximum Gasteiger partial charge on any atom is 0.0701 e. The van der Waals surface area contributed by atoms with E-state index in [1.54, 1.807) is 0 Å².